The summed E-state index contributed by atoms with van der Waals surface area (Å²) < 4.78 is 0. The lowest BCUT2D eigenvalue weighted by atomic mass is 9.61. The van der Waals surface area contributed by atoms with Crippen molar-refractivity contribution in [2.24, 2.45) is 0 Å². The summed E-state index contributed by atoms with van der Waals surface area (Å²) in [4.78, 5) is 0. The van der Waals surface area contributed by atoms with Crippen molar-refractivity contribution < 1.29 is 10.2 Å². The zero-order valence-electron chi connectivity index (χ0n) is 8.35. The number of phenols is 1. The fourth-order valence-electron chi connectivity index (χ4n) is 1.55. The zero-order chi connectivity index (χ0) is 10.7. The van der Waals surface area contributed by atoms with Gasteiger partial charge in [-0.05, 0) is 24.6 Å². The van der Waals surface area contributed by atoms with Gasteiger partial charge in [0.05, 0.1) is 5.76 Å². The standard InChI is InChI=1S/C12H12BO2/c14-11-5-1-9(2-6-11)13-10-3-7-12(15)8-4-10/h1-3,5-7,14-15H,4,8H2. The van der Waals surface area contributed by atoms with Crippen LogP contribution in [0.5, 0.6) is 5.75 Å². The first kappa shape index (κ1) is 9.90. The van der Waals surface area contributed by atoms with Gasteiger partial charge in [0.15, 0.2) is 7.28 Å². The molecule has 2 nitrogen and oxygen atoms in total. The van der Waals surface area contributed by atoms with E-state index in [4.69, 9.17) is 5.11 Å². The Kier molecular flexibility index (Phi) is 2.81. The number of phenolic OH excluding ortho intramolecular Hbond substituents is 1. The topological polar surface area (TPSA) is 40.5 Å². The molecule has 1 aliphatic carbocycles. The molecule has 15 heavy (non-hydrogen) atoms. The van der Waals surface area contributed by atoms with Crippen LogP contribution in [-0.4, -0.2) is 17.5 Å². The fourth-order valence-corrected chi connectivity index (χ4v) is 1.55. The van der Waals surface area contributed by atoms with E-state index in [-0.39, 0.29) is 5.75 Å². The summed E-state index contributed by atoms with van der Waals surface area (Å²) in [6, 6.07) is 7.08. The van der Waals surface area contributed by atoms with Gasteiger partial charge < -0.3 is 10.2 Å². The van der Waals surface area contributed by atoms with Crippen LogP contribution in [0.2, 0.25) is 0 Å². The van der Waals surface area contributed by atoms with Gasteiger partial charge in [0.25, 0.3) is 0 Å². The first-order valence-electron chi connectivity index (χ1n) is 4.96. The molecule has 0 atom stereocenters. The number of allylic oxidation sites excluding steroid dienone is 4. The van der Waals surface area contributed by atoms with Crippen LogP contribution in [-0.2, 0) is 0 Å². The van der Waals surface area contributed by atoms with Gasteiger partial charge >= 0.3 is 0 Å². The average molecular weight is 199 g/mol. The van der Waals surface area contributed by atoms with E-state index in [1.165, 1.54) is 5.47 Å². The summed E-state index contributed by atoms with van der Waals surface area (Å²) >= 11 is 0. The Balaban J connectivity index is 2.06. The SMILES string of the molecule is OC1=CC=C([B]c2ccc(O)cc2)CC1. The molecular formula is C12H12BO2. The molecule has 0 heterocycles. The lowest BCUT2D eigenvalue weighted by Crippen LogP contribution is -2.16. The molecule has 1 aliphatic rings. The summed E-state index contributed by atoms with van der Waals surface area (Å²) in [6.07, 6.45) is 5.23. The second-order valence-electron chi connectivity index (χ2n) is 3.64. The minimum Gasteiger partial charge on any atom is -0.512 e. The van der Waals surface area contributed by atoms with Gasteiger partial charge in [0, 0.05) is 6.42 Å². The summed E-state index contributed by atoms with van der Waals surface area (Å²) in [5.74, 6) is 0.722. The Morgan fingerprint density at radius 3 is 2.27 bits per heavy atom. The van der Waals surface area contributed by atoms with Crippen molar-refractivity contribution in [3.8, 4) is 5.75 Å². The van der Waals surface area contributed by atoms with E-state index in [0.29, 0.717) is 12.2 Å². The highest BCUT2D eigenvalue weighted by Gasteiger charge is 2.07. The third kappa shape index (κ3) is 2.66. The van der Waals surface area contributed by atoms with Crippen LogP contribution in [0.3, 0.4) is 0 Å². The van der Waals surface area contributed by atoms with E-state index in [9.17, 15) is 5.11 Å². The maximum atomic E-state index is 9.20. The monoisotopic (exact) mass is 199 g/mol. The maximum Gasteiger partial charge on any atom is 0.185 e. The smallest absolute Gasteiger partial charge is 0.185 e. The highest BCUT2D eigenvalue weighted by molar-refractivity contribution is 6.61. The van der Waals surface area contributed by atoms with Crippen molar-refractivity contribution in [2.75, 3.05) is 0 Å². The molecule has 0 aliphatic heterocycles. The summed E-state index contributed by atoms with van der Waals surface area (Å²) in [7, 11) is 2.06. The molecule has 2 N–H and O–H groups in total. The Morgan fingerprint density at radius 2 is 1.67 bits per heavy atom. The van der Waals surface area contributed by atoms with Gasteiger partial charge in [0.1, 0.15) is 5.75 Å². The first-order valence-corrected chi connectivity index (χ1v) is 4.96. The average Bonchev–Trinajstić information content (AvgIpc) is 2.25. The van der Waals surface area contributed by atoms with Crippen LogP contribution in [0.15, 0.2) is 47.6 Å². The van der Waals surface area contributed by atoms with Crippen molar-refractivity contribution in [3.05, 3.63) is 47.6 Å². The number of aliphatic hydroxyl groups is 1. The molecule has 75 valence electrons. The molecule has 0 fully saturated rings. The number of benzene rings is 1. The molecule has 0 bridgehead atoms. The van der Waals surface area contributed by atoms with Crippen molar-refractivity contribution in [1.82, 2.24) is 0 Å². The predicted octanol–water partition coefficient (Wildman–Crippen LogP) is 1.84. The minimum absolute atomic E-state index is 0.280. The normalized spacial score (nSPS) is 15.5. The van der Waals surface area contributed by atoms with Crippen molar-refractivity contribution >= 4 is 12.7 Å². The van der Waals surface area contributed by atoms with Crippen LogP contribution in [0.25, 0.3) is 0 Å². The largest absolute Gasteiger partial charge is 0.512 e. The van der Waals surface area contributed by atoms with Crippen molar-refractivity contribution in [1.29, 1.82) is 0 Å². The van der Waals surface area contributed by atoms with Crippen LogP contribution < -0.4 is 5.46 Å². The summed E-state index contributed by atoms with van der Waals surface area (Å²) in [5.41, 5.74) is 2.26. The first-order chi connectivity index (χ1) is 7.24. The van der Waals surface area contributed by atoms with E-state index < -0.39 is 0 Å². The molecule has 0 unspecified atom stereocenters. The van der Waals surface area contributed by atoms with E-state index in [1.807, 2.05) is 18.2 Å². The quantitative estimate of drug-likeness (QED) is 0.713. The van der Waals surface area contributed by atoms with Crippen molar-refractivity contribution in [2.45, 2.75) is 12.8 Å². The molecular weight excluding hydrogens is 187 g/mol. The van der Waals surface area contributed by atoms with Gasteiger partial charge in [-0.15, -0.1) is 5.47 Å². The highest BCUT2D eigenvalue weighted by Crippen LogP contribution is 2.15. The van der Waals surface area contributed by atoms with Crippen molar-refractivity contribution in [3.63, 3.8) is 0 Å². The maximum absolute atomic E-state index is 9.20. The molecule has 0 amide bonds. The Hall–Kier alpha value is -1.64. The number of aromatic hydroxyl groups is 1. The second-order valence-corrected chi connectivity index (χ2v) is 3.64. The number of hydrogen-bond donors (Lipinski definition) is 2. The minimum atomic E-state index is 0.280. The molecule has 1 radical (unpaired) electrons. The third-order valence-electron chi connectivity index (χ3n) is 2.40. The van der Waals surface area contributed by atoms with Crippen LogP contribution in [0.4, 0.5) is 0 Å². The van der Waals surface area contributed by atoms with E-state index >= 15 is 0 Å². The Morgan fingerprint density at radius 1 is 0.933 bits per heavy atom. The number of rotatable bonds is 2. The summed E-state index contributed by atoms with van der Waals surface area (Å²) in [6.45, 7) is 0. The zero-order valence-corrected chi connectivity index (χ0v) is 8.35. The lowest BCUT2D eigenvalue weighted by Gasteiger charge is -2.10. The van der Waals surface area contributed by atoms with E-state index in [0.717, 1.165) is 11.9 Å². The molecule has 0 saturated heterocycles. The second kappa shape index (κ2) is 4.26. The lowest BCUT2D eigenvalue weighted by molar-refractivity contribution is 0.387. The molecule has 1 aromatic rings. The molecule has 0 aromatic heterocycles. The molecule has 1 aromatic carbocycles. The Labute approximate surface area is 89.8 Å². The highest BCUT2D eigenvalue weighted by atomic mass is 16.3. The van der Waals surface area contributed by atoms with Crippen LogP contribution in [0, 0.1) is 0 Å². The van der Waals surface area contributed by atoms with Crippen LogP contribution in [0.1, 0.15) is 12.8 Å². The molecule has 0 saturated carbocycles. The van der Waals surface area contributed by atoms with Gasteiger partial charge in [-0.25, -0.2) is 0 Å². The summed E-state index contributed by atoms with van der Waals surface area (Å²) in [5, 5.41) is 18.3. The third-order valence-corrected chi connectivity index (χ3v) is 2.40. The van der Waals surface area contributed by atoms with Gasteiger partial charge in [-0.1, -0.05) is 23.7 Å². The van der Waals surface area contributed by atoms with Gasteiger partial charge in [-0.2, -0.15) is 0 Å². The van der Waals surface area contributed by atoms with Gasteiger partial charge in [-0.3, -0.25) is 0 Å². The molecule has 2 rings (SSSR count). The van der Waals surface area contributed by atoms with Crippen LogP contribution >= 0.6 is 0 Å². The van der Waals surface area contributed by atoms with E-state index in [2.05, 4.69) is 7.28 Å². The molecule has 3 heteroatoms. The molecule has 0 spiro atoms. The predicted molar refractivity (Wildman–Crippen MR) is 61.5 cm³/mol. The Bertz CT molecular complexity index is 404. The number of aliphatic hydroxyl groups excluding tert-OH is 1. The fraction of sp³-hybridized carbons (Fsp3) is 0.167. The van der Waals surface area contributed by atoms with E-state index in [1.54, 1.807) is 18.2 Å². The van der Waals surface area contributed by atoms with Gasteiger partial charge in [0.2, 0.25) is 0 Å². The number of hydrogen-bond acceptors (Lipinski definition) is 2.